The van der Waals surface area contributed by atoms with Gasteiger partial charge in [0.1, 0.15) is 0 Å². The maximum atomic E-state index is 4.57. The number of hydrogen-bond acceptors (Lipinski definition) is 3. The summed E-state index contributed by atoms with van der Waals surface area (Å²) in [5.74, 6) is 0. The molecule has 0 aliphatic rings. The van der Waals surface area contributed by atoms with Crippen molar-refractivity contribution in [3.8, 4) is 5.69 Å². The van der Waals surface area contributed by atoms with Crippen molar-refractivity contribution in [2.24, 2.45) is 0 Å². The van der Waals surface area contributed by atoms with Crippen LogP contribution in [0.15, 0.2) is 41.4 Å². The number of thioether (sulfide) groups is 1. The lowest BCUT2D eigenvalue weighted by Crippen LogP contribution is -2.14. The molecule has 0 spiro atoms. The first-order chi connectivity index (χ1) is 8.83. The molecule has 2 aromatic rings. The van der Waals surface area contributed by atoms with Crippen LogP contribution in [0.3, 0.4) is 0 Å². The first-order valence-corrected chi connectivity index (χ1v) is 7.45. The lowest BCUT2D eigenvalue weighted by Gasteiger charge is -2.03. The molecule has 0 amide bonds. The molecule has 0 atom stereocenters. The highest BCUT2D eigenvalue weighted by atomic mass is 32.2. The molecule has 0 saturated carbocycles. The van der Waals surface area contributed by atoms with E-state index in [4.69, 9.17) is 0 Å². The fraction of sp³-hybridized carbons (Fsp3) is 0.357. The predicted molar refractivity (Wildman–Crippen MR) is 77.3 cm³/mol. The lowest BCUT2D eigenvalue weighted by molar-refractivity contribution is 0.656. The van der Waals surface area contributed by atoms with Crippen molar-refractivity contribution in [2.45, 2.75) is 24.8 Å². The van der Waals surface area contributed by atoms with Crippen LogP contribution in [0.25, 0.3) is 5.69 Å². The maximum absolute atomic E-state index is 4.57. The second kappa shape index (κ2) is 6.61. The number of aromatic nitrogens is 2. The summed E-state index contributed by atoms with van der Waals surface area (Å²) in [6, 6.07) is 10.5. The van der Waals surface area contributed by atoms with Gasteiger partial charge in [0.05, 0.1) is 11.4 Å². The molecule has 0 radical (unpaired) electrons. The predicted octanol–water partition coefficient (Wildman–Crippen LogP) is 3.09. The second-order valence-corrected chi connectivity index (χ2v) is 5.01. The van der Waals surface area contributed by atoms with Gasteiger partial charge in [-0.3, -0.25) is 0 Å². The Bertz CT molecular complexity index is 493. The standard InChI is InChI=1S/C14H19N3S/c1-3-8-15-11-12-7-9-17(16-12)13-5-4-6-14(10-13)18-2/h4-7,9-10,15H,3,8,11H2,1-2H3. The van der Waals surface area contributed by atoms with E-state index >= 15 is 0 Å². The van der Waals surface area contributed by atoms with Crippen LogP contribution in [0.5, 0.6) is 0 Å². The smallest absolute Gasteiger partial charge is 0.0766 e. The van der Waals surface area contributed by atoms with Gasteiger partial charge in [0.25, 0.3) is 0 Å². The fourth-order valence-electron chi connectivity index (χ4n) is 1.75. The minimum absolute atomic E-state index is 0.836. The molecule has 0 saturated heterocycles. The SMILES string of the molecule is CCCNCc1ccn(-c2cccc(SC)c2)n1. The van der Waals surface area contributed by atoms with Crippen LogP contribution in [-0.2, 0) is 6.54 Å². The largest absolute Gasteiger partial charge is 0.311 e. The molecule has 1 N–H and O–H groups in total. The summed E-state index contributed by atoms with van der Waals surface area (Å²) in [6.45, 7) is 4.04. The van der Waals surface area contributed by atoms with E-state index in [2.05, 4.69) is 53.9 Å². The summed E-state index contributed by atoms with van der Waals surface area (Å²) in [4.78, 5) is 1.26. The van der Waals surface area contributed by atoms with Crippen molar-refractivity contribution < 1.29 is 0 Å². The fourth-order valence-corrected chi connectivity index (χ4v) is 2.20. The van der Waals surface area contributed by atoms with Crippen LogP contribution in [-0.4, -0.2) is 22.6 Å². The van der Waals surface area contributed by atoms with Gasteiger partial charge in [-0.1, -0.05) is 13.0 Å². The van der Waals surface area contributed by atoms with Gasteiger partial charge in [-0.05, 0) is 43.5 Å². The Morgan fingerprint density at radius 3 is 3.00 bits per heavy atom. The average Bonchev–Trinajstić information content (AvgIpc) is 2.88. The first-order valence-electron chi connectivity index (χ1n) is 6.23. The number of benzene rings is 1. The van der Waals surface area contributed by atoms with Crippen molar-refractivity contribution in [3.05, 3.63) is 42.2 Å². The summed E-state index contributed by atoms with van der Waals surface area (Å²) in [5.41, 5.74) is 2.20. The van der Waals surface area contributed by atoms with Crippen LogP contribution in [0.4, 0.5) is 0 Å². The number of nitrogens with one attached hydrogen (secondary N) is 1. The minimum Gasteiger partial charge on any atom is -0.311 e. The maximum Gasteiger partial charge on any atom is 0.0766 e. The molecule has 1 aromatic carbocycles. The van der Waals surface area contributed by atoms with Gasteiger partial charge < -0.3 is 5.32 Å². The highest BCUT2D eigenvalue weighted by Gasteiger charge is 2.01. The van der Waals surface area contributed by atoms with Crippen molar-refractivity contribution in [2.75, 3.05) is 12.8 Å². The third-order valence-electron chi connectivity index (χ3n) is 2.70. The topological polar surface area (TPSA) is 29.9 Å². The van der Waals surface area contributed by atoms with Crippen molar-refractivity contribution in [1.82, 2.24) is 15.1 Å². The number of nitrogens with zero attached hydrogens (tertiary/aromatic N) is 2. The summed E-state index contributed by atoms with van der Waals surface area (Å²) < 4.78 is 1.93. The van der Waals surface area contributed by atoms with E-state index in [1.165, 1.54) is 4.90 Å². The van der Waals surface area contributed by atoms with E-state index in [9.17, 15) is 0 Å². The molecule has 4 heteroatoms. The summed E-state index contributed by atoms with van der Waals surface area (Å²) in [5, 5.41) is 7.93. The third kappa shape index (κ3) is 3.37. The highest BCUT2D eigenvalue weighted by Crippen LogP contribution is 2.18. The van der Waals surface area contributed by atoms with E-state index in [1.807, 2.05) is 10.9 Å². The van der Waals surface area contributed by atoms with Crippen molar-refractivity contribution in [1.29, 1.82) is 0 Å². The van der Waals surface area contributed by atoms with E-state index in [0.29, 0.717) is 0 Å². The molecular formula is C14H19N3S. The van der Waals surface area contributed by atoms with Crippen LogP contribution in [0.1, 0.15) is 19.0 Å². The molecule has 18 heavy (non-hydrogen) atoms. The molecular weight excluding hydrogens is 242 g/mol. The molecule has 0 unspecified atom stereocenters. The third-order valence-corrected chi connectivity index (χ3v) is 3.42. The van der Waals surface area contributed by atoms with Gasteiger partial charge in [0.15, 0.2) is 0 Å². The monoisotopic (exact) mass is 261 g/mol. The average molecular weight is 261 g/mol. The molecule has 96 valence electrons. The van der Waals surface area contributed by atoms with Gasteiger partial charge in [-0.25, -0.2) is 4.68 Å². The molecule has 0 aliphatic carbocycles. The Balaban J connectivity index is 2.08. The summed E-state index contributed by atoms with van der Waals surface area (Å²) >= 11 is 1.75. The summed E-state index contributed by atoms with van der Waals surface area (Å²) in [7, 11) is 0. The molecule has 1 heterocycles. The van der Waals surface area contributed by atoms with Gasteiger partial charge in [-0.2, -0.15) is 5.10 Å². The van der Waals surface area contributed by atoms with E-state index < -0.39 is 0 Å². The molecule has 0 aliphatic heterocycles. The van der Waals surface area contributed by atoms with E-state index in [0.717, 1.165) is 30.9 Å². The number of rotatable bonds is 6. The van der Waals surface area contributed by atoms with Crippen LogP contribution < -0.4 is 5.32 Å². The van der Waals surface area contributed by atoms with E-state index in [-0.39, 0.29) is 0 Å². The normalized spacial score (nSPS) is 10.8. The Hall–Kier alpha value is -1.26. The Morgan fingerprint density at radius 1 is 1.33 bits per heavy atom. The van der Waals surface area contributed by atoms with Crippen molar-refractivity contribution >= 4 is 11.8 Å². The summed E-state index contributed by atoms with van der Waals surface area (Å²) in [6.07, 6.45) is 5.25. The van der Waals surface area contributed by atoms with Gasteiger partial charge >= 0.3 is 0 Å². The van der Waals surface area contributed by atoms with Gasteiger partial charge in [0, 0.05) is 17.6 Å². The molecule has 0 fully saturated rings. The second-order valence-electron chi connectivity index (χ2n) is 4.13. The Morgan fingerprint density at radius 2 is 2.22 bits per heavy atom. The van der Waals surface area contributed by atoms with Crippen LogP contribution >= 0.6 is 11.8 Å². The zero-order valence-electron chi connectivity index (χ0n) is 10.9. The lowest BCUT2D eigenvalue weighted by atomic mass is 10.3. The van der Waals surface area contributed by atoms with Crippen LogP contribution in [0, 0.1) is 0 Å². The number of hydrogen-bond donors (Lipinski definition) is 1. The zero-order valence-corrected chi connectivity index (χ0v) is 11.7. The molecule has 1 aromatic heterocycles. The Kier molecular flexibility index (Phi) is 4.84. The molecule has 0 bridgehead atoms. The van der Waals surface area contributed by atoms with Crippen LogP contribution in [0.2, 0.25) is 0 Å². The van der Waals surface area contributed by atoms with E-state index in [1.54, 1.807) is 11.8 Å². The first kappa shape index (κ1) is 13.2. The quantitative estimate of drug-likeness (QED) is 0.640. The molecule has 2 rings (SSSR count). The van der Waals surface area contributed by atoms with Crippen molar-refractivity contribution in [3.63, 3.8) is 0 Å². The minimum atomic E-state index is 0.836. The van der Waals surface area contributed by atoms with Gasteiger partial charge in [-0.15, -0.1) is 11.8 Å². The Labute approximate surface area is 113 Å². The highest BCUT2D eigenvalue weighted by molar-refractivity contribution is 7.98. The van der Waals surface area contributed by atoms with Gasteiger partial charge in [0.2, 0.25) is 0 Å². The molecule has 3 nitrogen and oxygen atoms in total. The zero-order chi connectivity index (χ0) is 12.8.